The quantitative estimate of drug-likeness (QED) is 0.664. The Morgan fingerprint density at radius 2 is 2.27 bits per heavy atom. The standard InChI is InChI=1S/C10H7FN2O2/c1-15-10(14)7-2-3-12-8-4-6(11)5-13-9(7)8/h2-5H,1H3. The second kappa shape index (κ2) is 3.61. The summed E-state index contributed by atoms with van der Waals surface area (Å²) in [5.74, 6) is -1.00. The Morgan fingerprint density at radius 3 is 3.00 bits per heavy atom. The van der Waals surface area contributed by atoms with Crippen molar-refractivity contribution in [1.82, 2.24) is 9.97 Å². The van der Waals surface area contributed by atoms with Gasteiger partial charge >= 0.3 is 5.97 Å². The number of aromatic nitrogens is 2. The normalized spacial score (nSPS) is 10.3. The van der Waals surface area contributed by atoms with Crippen molar-refractivity contribution >= 4 is 17.0 Å². The minimum Gasteiger partial charge on any atom is -0.465 e. The number of carbonyl (C=O) groups excluding carboxylic acids is 1. The smallest absolute Gasteiger partial charge is 0.340 e. The largest absolute Gasteiger partial charge is 0.465 e. The van der Waals surface area contributed by atoms with E-state index in [0.717, 1.165) is 6.20 Å². The number of nitrogens with zero attached hydrogens (tertiary/aromatic N) is 2. The molecule has 0 N–H and O–H groups in total. The average molecular weight is 206 g/mol. The molecule has 0 aromatic carbocycles. The predicted molar refractivity (Wildman–Crippen MR) is 50.8 cm³/mol. The second-order valence-corrected chi connectivity index (χ2v) is 2.87. The van der Waals surface area contributed by atoms with Crippen LogP contribution in [0.15, 0.2) is 24.5 Å². The third-order valence-corrected chi connectivity index (χ3v) is 1.95. The van der Waals surface area contributed by atoms with Gasteiger partial charge in [-0.2, -0.15) is 0 Å². The molecule has 0 amide bonds. The molecule has 0 bridgehead atoms. The van der Waals surface area contributed by atoms with Crippen LogP contribution in [0.2, 0.25) is 0 Å². The molecule has 0 aliphatic heterocycles. The number of ether oxygens (including phenoxy) is 1. The van der Waals surface area contributed by atoms with Gasteiger partial charge in [0.15, 0.2) is 0 Å². The summed E-state index contributed by atoms with van der Waals surface area (Å²) < 4.78 is 17.4. The van der Waals surface area contributed by atoms with Crippen LogP contribution in [0.4, 0.5) is 4.39 Å². The molecule has 2 rings (SSSR count). The highest BCUT2D eigenvalue weighted by Crippen LogP contribution is 2.15. The summed E-state index contributed by atoms with van der Waals surface area (Å²) in [5.41, 5.74) is 0.950. The first-order chi connectivity index (χ1) is 7.22. The van der Waals surface area contributed by atoms with Crippen LogP contribution in [-0.2, 0) is 4.74 Å². The van der Waals surface area contributed by atoms with E-state index in [1.165, 1.54) is 25.4 Å². The van der Waals surface area contributed by atoms with Gasteiger partial charge in [0.25, 0.3) is 0 Å². The first-order valence-electron chi connectivity index (χ1n) is 4.21. The Kier molecular flexibility index (Phi) is 2.29. The lowest BCUT2D eigenvalue weighted by Crippen LogP contribution is -2.03. The molecule has 0 aliphatic carbocycles. The highest BCUT2D eigenvalue weighted by molar-refractivity contribution is 6.01. The van der Waals surface area contributed by atoms with Crippen molar-refractivity contribution in [3.8, 4) is 0 Å². The zero-order chi connectivity index (χ0) is 10.8. The number of pyridine rings is 2. The van der Waals surface area contributed by atoms with Crippen molar-refractivity contribution in [2.75, 3.05) is 7.11 Å². The van der Waals surface area contributed by atoms with Crippen molar-refractivity contribution in [2.24, 2.45) is 0 Å². The summed E-state index contributed by atoms with van der Waals surface area (Å²) in [4.78, 5) is 19.0. The van der Waals surface area contributed by atoms with E-state index < -0.39 is 11.8 Å². The fraction of sp³-hybridized carbons (Fsp3) is 0.100. The topological polar surface area (TPSA) is 52.1 Å². The summed E-state index contributed by atoms with van der Waals surface area (Å²) in [6, 6.07) is 2.70. The number of rotatable bonds is 1. The third-order valence-electron chi connectivity index (χ3n) is 1.95. The molecule has 0 saturated carbocycles. The Hall–Kier alpha value is -2.04. The molecule has 2 aromatic heterocycles. The van der Waals surface area contributed by atoms with Gasteiger partial charge in [-0.25, -0.2) is 9.18 Å². The molecule has 0 atom stereocenters. The number of hydrogen-bond donors (Lipinski definition) is 0. The maximum absolute atomic E-state index is 12.8. The number of esters is 1. The van der Waals surface area contributed by atoms with Gasteiger partial charge < -0.3 is 4.74 Å². The number of methoxy groups -OCH3 is 1. The molecule has 5 heteroatoms. The molecule has 0 unspecified atom stereocenters. The second-order valence-electron chi connectivity index (χ2n) is 2.87. The minimum atomic E-state index is -0.512. The zero-order valence-electron chi connectivity index (χ0n) is 7.90. The van der Waals surface area contributed by atoms with E-state index in [1.54, 1.807) is 0 Å². The summed E-state index contributed by atoms with van der Waals surface area (Å²) >= 11 is 0. The monoisotopic (exact) mass is 206 g/mol. The summed E-state index contributed by atoms with van der Waals surface area (Å²) in [5, 5.41) is 0. The zero-order valence-corrected chi connectivity index (χ0v) is 7.90. The van der Waals surface area contributed by atoms with E-state index in [-0.39, 0.29) is 5.56 Å². The van der Waals surface area contributed by atoms with Crippen molar-refractivity contribution in [3.05, 3.63) is 35.9 Å². The van der Waals surface area contributed by atoms with Crippen LogP contribution in [0, 0.1) is 5.82 Å². The van der Waals surface area contributed by atoms with Gasteiger partial charge in [-0.3, -0.25) is 9.97 Å². The van der Waals surface area contributed by atoms with Crippen molar-refractivity contribution in [2.45, 2.75) is 0 Å². The highest BCUT2D eigenvalue weighted by atomic mass is 19.1. The van der Waals surface area contributed by atoms with Crippen molar-refractivity contribution < 1.29 is 13.9 Å². The van der Waals surface area contributed by atoms with Crippen LogP contribution < -0.4 is 0 Å². The van der Waals surface area contributed by atoms with E-state index in [1.807, 2.05) is 0 Å². The fourth-order valence-electron chi connectivity index (χ4n) is 1.28. The predicted octanol–water partition coefficient (Wildman–Crippen LogP) is 1.56. The number of hydrogen-bond acceptors (Lipinski definition) is 4. The van der Waals surface area contributed by atoms with Crippen LogP contribution in [0.25, 0.3) is 11.0 Å². The van der Waals surface area contributed by atoms with E-state index in [4.69, 9.17) is 0 Å². The van der Waals surface area contributed by atoms with Gasteiger partial charge in [-0.1, -0.05) is 0 Å². The van der Waals surface area contributed by atoms with Crippen LogP contribution in [-0.4, -0.2) is 23.0 Å². The van der Waals surface area contributed by atoms with Gasteiger partial charge in [0.1, 0.15) is 11.3 Å². The van der Waals surface area contributed by atoms with Gasteiger partial charge in [0.05, 0.1) is 24.4 Å². The molecule has 0 fully saturated rings. The van der Waals surface area contributed by atoms with Gasteiger partial charge in [0.2, 0.25) is 0 Å². The van der Waals surface area contributed by atoms with E-state index in [0.29, 0.717) is 11.0 Å². The number of carbonyl (C=O) groups is 1. The molecule has 2 heterocycles. The molecule has 0 spiro atoms. The number of fused-ring (bicyclic) bond motifs is 1. The van der Waals surface area contributed by atoms with Crippen molar-refractivity contribution in [1.29, 1.82) is 0 Å². The highest BCUT2D eigenvalue weighted by Gasteiger charge is 2.11. The average Bonchev–Trinajstić information content (AvgIpc) is 2.26. The summed E-state index contributed by atoms with van der Waals surface area (Å²) in [6.07, 6.45) is 2.45. The van der Waals surface area contributed by atoms with Crippen LogP contribution in [0.3, 0.4) is 0 Å². The first kappa shape index (κ1) is 9.51. The minimum absolute atomic E-state index is 0.280. The Bertz CT molecular complexity index is 528. The maximum Gasteiger partial charge on any atom is 0.340 e. The van der Waals surface area contributed by atoms with Gasteiger partial charge in [-0.15, -0.1) is 0 Å². The summed E-state index contributed by atoms with van der Waals surface area (Å²) in [6.45, 7) is 0. The molecule has 0 saturated heterocycles. The maximum atomic E-state index is 12.8. The Morgan fingerprint density at radius 1 is 1.47 bits per heavy atom. The third kappa shape index (κ3) is 1.63. The molecule has 4 nitrogen and oxygen atoms in total. The van der Waals surface area contributed by atoms with Crippen LogP contribution in [0.1, 0.15) is 10.4 Å². The molecule has 15 heavy (non-hydrogen) atoms. The molecule has 76 valence electrons. The van der Waals surface area contributed by atoms with Crippen LogP contribution >= 0.6 is 0 Å². The Balaban J connectivity index is 2.71. The van der Waals surface area contributed by atoms with E-state index in [9.17, 15) is 9.18 Å². The molecule has 2 aromatic rings. The lowest BCUT2D eigenvalue weighted by molar-refractivity contribution is 0.0602. The lowest BCUT2D eigenvalue weighted by Gasteiger charge is -2.02. The van der Waals surface area contributed by atoms with E-state index in [2.05, 4.69) is 14.7 Å². The van der Waals surface area contributed by atoms with Crippen molar-refractivity contribution in [3.63, 3.8) is 0 Å². The summed E-state index contributed by atoms with van der Waals surface area (Å²) in [7, 11) is 1.28. The molecular formula is C10H7FN2O2. The number of halogens is 1. The van der Waals surface area contributed by atoms with Crippen LogP contribution in [0.5, 0.6) is 0 Å². The molecular weight excluding hydrogens is 199 g/mol. The fourth-order valence-corrected chi connectivity index (χ4v) is 1.28. The van der Waals surface area contributed by atoms with E-state index >= 15 is 0 Å². The molecule has 0 aliphatic rings. The lowest BCUT2D eigenvalue weighted by atomic mass is 10.2. The molecule has 0 radical (unpaired) electrons. The Labute approximate surface area is 84.7 Å². The SMILES string of the molecule is COC(=O)c1ccnc2cc(F)cnc12. The first-order valence-corrected chi connectivity index (χ1v) is 4.21. The van der Waals surface area contributed by atoms with Gasteiger partial charge in [-0.05, 0) is 6.07 Å². The van der Waals surface area contributed by atoms with Gasteiger partial charge in [0, 0.05) is 12.3 Å².